The lowest BCUT2D eigenvalue weighted by Crippen LogP contribution is -1.96. The lowest BCUT2D eigenvalue weighted by molar-refractivity contribution is 0.772. The summed E-state index contributed by atoms with van der Waals surface area (Å²) in [5.74, 6) is 0.577. The van der Waals surface area contributed by atoms with Crippen LogP contribution in [-0.4, -0.2) is 0 Å². The molecule has 0 aliphatic rings. The van der Waals surface area contributed by atoms with E-state index in [9.17, 15) is 0 Å². The third kappa shape index (κ3) is 2.19. The summed E-state index contributed by atoms with van der Waals surface area (Å²) in [5, 5.41) is 5.06. The van der Waals surface area contributed by atoms with Crippen LogP contribution in [0.5, 0.6) is 0 Å². The van der Waals surface area contributed by atoms with Crippen molar-refractivity contribution < 1.29 is 0 Å². The molecule has 1 aromatic heterocycles. The highest BCUT2D eigenvalue weighted by Crippen LogP contribution is 2.30. The van der Waals surface area contributed by atoms with E-state index in [2.05, 4.69) is 66.9 Å². The average molecular weight is 252 g/mol. The molecule has 3 rings (SSSR count). The van der Waals surface area contributed by atoms with E-state index in [0.29, 0.717) is 5.92 Å². The van der Waals surface area contributed by atoms with Crippen LogP contribution in [0, 0.1) is 0 Å². The first-order valence-corrected chi connectivity index (χ1v) is 7.22. The van der Waals surface area contributed by atoms with Gasteiger partial charge >= 0.3 is 0 Å². The van der Waals surface area contributed by atoms with E-state index < -0.39 is 0 Å². The Morgan fingerprint density at radius 3 is 2.50 bits per heavy atom. The van der Waals surface area contributed by atoms with E-state index in [-0.39, 0.29) is 0 Å². The summed E-state index contributed by atoms with van der Waals surface area (Å²) in [7, 11) is 0. The Bertz CT molecular complexity index is 637. The minimum Gasteiger partial charge on any atom is -0.148 e. The van der Waals surface area contributed by atoms with Gasteiger partial charge in [-0.15, -0.1) is 11.3 Å². The number of rotatable bonds is 3. The largest absolute Gasteiger partial charge is 0.148 e. The van der Waals surface area contributed by atoms with Crippen LogP contribution in [0.15, 0.2) is 60.0 Å². The molecule has 0 fully saturated rings. The quantitative estimate of drug-likeness (QED) is 0.597. The van der Waals surface area contributed by atoms with Crippen molar-refractivity contribution in [2.75, 3.05) is 0 Å². The maximum atomic E-state index is 2.31. The second kappa shape index (κ2) is 4.95. The van der Waals surface area contributed by atoms with Gasteiger partial charge in [-0.2, -0.15) is 0 Å². The smallest absolute Gasteiger partial charge is 0.0130 e. The van der Waals surface area contributed by atoms with E-state index in [1.807, 2.05) is 11.3 Å². The number of hydrogen-bond acceptors (Lipinski definition) is 1. The van der Waals surface area contributed by atoms with Crippen molar-refractivity contribution in [2.24, 2.45) is 0 Å². The van der Waals surface area contributed by atoms with Gasteiger partial charge in [-0.05, 0) is 34.1 Å². The summed E-state index contributed by atoms with van der Waals surface area (Å²) in [4.78, 5) is 1.50. The summed E-state index contributed by atoms with van der Waals surface area (Å²) < 4.78 is 0. The number of thiophene rings is 1. The van der Waals surface area contributed by atoms with Crippen LogP contribution >= 0.6 is 11.3 Å². The molecule has 0 saturated heterocycles. The molecule has 0 nitrogen and oxygen atoms in total. The monoisotopic (exact) mass is 252 g/mol. The third-order valence-corrected chi connectivity index (χ3v) is 4.49. The Morgan fingerprint density at radius 1 is 0.944 bits per heavy atom. The highest BCUT2D eigenvalue weighted by atomic mass is 32.1. The lowest BCUT2D eigenvalue weighted by atomic mass is 9.96. The zero-order chi connectivity index (χ0) is 12.4. The first-order valence-electron chi connectivity index (χ1n) is 6.34. The van der Waals surface area contributed by atoms with Gasteiger partial charge in [0.1, 0.15) is 0 Å². The standard InChI is InChI=1S/C17H16S/c1-13(14-7-3-2-4-8-14)11-17-16-10-6-5-9-15(16)12-18-17/h2-10,12-13H,11H2,1H3. The maximum absolute atomic E-state index is 2.31. The first kappa shape index (κ1) is 11.5. The van der Waals surface area contributed by atoms with Crippen molar-refractivity contribution in [3.8, 4) is 0 Å². The van der Waals surface area contributed by atoms with E-state index >= 15 is 0 Å². The average Bonchev–Trinajstić information content (AvgIpc) is 2.83. The number of benzene rings is 2. The Morgan fingerprint density at radius 2 is 1.67 bits per heavy atom. The predicted octanol–water partition coefficient (Wildman–Crippen LogP) is 5.25. The van der Waals surface area contributed by atoms with Crippen LogP contribution in [0.25, 0.3) is 10.8 Å². The van der Waals surface area contributed by atoms with Crippen LogP contribution in [-0.2, 0) is 6.42 Å². The molecule has 0 aliphatic carbocycles. The Labute approximate surface area is 112 Å². The van der Waals surface area contributed by atoms with Crippen molar-refractivity contribution in [3.63, 3.8) is 0 Å². The summed E-state index contributed by atoms with van der Waals surface area (Å²) in [6.45, 7) is 2.31. The second-order valence-corrected chi connectivity index (χ2v) is 5.73. The molecule has 0 radical (unpaired) electrons. The predicted molar refractivity (Wildman–Crippen MR) is 80.4 cm³/mol. The summed E-state index contributed by atoms with van der Waals surface area (Å²) in [6, 6.07) is 19.4. The summed E-state index contributed by atoms with van der Waals surface area (Å²) >= 11 is 1.89. The number of fused-ring (bicyclic) bond motifs is 1. The van der Waals surface area contributed by atoms with E-state index in [1.165, 1.54) is 21.2 Å². The minimum absolute atomic E-state index is 0.577. The molecule has 0 N–H and O–H groups in total. The molecule has 0 saturated carbocycles. The molecule has 1 heterocycles. The fourth-order valence-corrected chi connectivity index (χ4v) is 3.52. The molecule has 0 aliphatic heterocycles. The highest BCUT2D eigenvalue weighted by Gasteiger charge is 2.10. The molecule has 18 heavy (non-hydrogen) atoms. The molecule has 3 aromatic rings. The van der Waals surface area contributed by atoms with Crippen molar-refractivity contribution in [2.45, 2.75) is 19.3 Å². The zero-order valence-corrected chi connectivity index (χ0v) is 11.3. The van der Waals surface area contributed by atoms with Crippen LogP contribution in [0.1, 0.15) is 23.3 Å². The van der Waals surface area contributed by atoms with Crippen LogP contribution in [0.4, 0.5) is 0 Å². The van der Waals surface area contributed by atoms with Crippen molar-refractivity contribution >= 4 is 22.1 Å². The second-order valence-electron chi connectivity index (χ2n) is 4.76. The molecule has 2 aromatic carbocycles. The Balaban J connectivity index is 1.89. The lowest BCUT2D eigenvalue weighted by Gasteiger charge is -2.10. The van der Waals surface area contributed by atoms with Gasteiger partial charge in [0.2, 0.25) is 0 Å². The van der Waals surface area contributed by atoms with E-state index in [1.54, 1.807) is 0 Å². The van der Waals surface area contributed by atoms with Gasteiger partial charge in [0, 0.05) is 4.88 Å². The van der Waals surface area contributed by atoms with E-state index in [0.717, 1.165) is 6.42 Å². The molecule has 1 atom stereocenters. The topological polar surface area (TPSA) is 0 Å². The number of hydrogen-bond donors (Lipinski definition) is 0. The third-order valence-electron chi connectivity index (χ3n) is 3.45. The van der Waals surface area contributed by atoms with Gasteiger partial charge in [0.25, 0.3) is 0 Å². The molecule has 0 bridgehead atoms. The molecular weight excluding hydrogens is 236 g/mol. The van der Waals surface area contributed by atoms with Crippen molar-refractivity contribution in [3.05, 3.63) is 70.4 Å². The Kier molecular flexibility index (Phi) is 3.16. The Hall–Kier alpha value is -1.60. The van der Waals surface area contributed by atoms with Gasteiger partial charge in [-0.25, -0.2) is 0 Å². The van der Waals surface area contributed by atoms with Crippen molar-refractivity contribution in [1.82, 2.24) is 0 Å². The van der Waals surface area contributed by atoms with Gasteiger partial charge in [-0.1, -0.05) is 61.5 Å². The molecular formula is C17H16S. The van der Waals surface area contributed by atoms with Gasteiger partial charge in [-0.3, -0.25) is 0 Å². The van der Waals surface area contributed by atoms with Crippen LogP contribution in [0.3, 0.4) is 0 Å². The van der Waals surface area contributed by atoms with Crippen molar-refractivity contribution in [1.29, 1.82) is 0 Å². The summed E-state index contributed by atoms with van der Waals surface area (Å²) in [5.41, 5.74) is 1.43. The van der Waals surface area contributed by atoms with Gasteiger partial charge < -0.3 is 0 Å². The highest BCUT2D eigenvalue weighted by molar-refractivity contribution is 7.11. The first-order chi connectivity index (χ1) is 8.84. The minimum atomic E-state index is 0.577. The van der Waals surface area contributed by atoms with Gasteiger partial charge in [0.15, 0.2) is 0 Å². The van der Waals surface area contributed by atoms with Gasteiger partial charge in [0.05, 0.1) is 0 Å². The molecule has 90 valence electrons. The normalized spacial score (nSPS) is 12.7. The van der Waals surface area contributed by atoms with Crippen LogP contribution < -0.4 is 0 Å². The molecule has 1 unspecified atom stereocenters. The van der Waals surface area contributed by atoms with E-state index in [4.69, 9.17) is 0 Å². The maximum Gasteiger partial charge on any atom is 0.0130 e. The fourth-order valence-electron chi connectivity index (χ4n) is 2.39. The fraction of sp³-hybridized carbons (Fsp3) is 0.176. The van der Waals surface area contributed by atoms with Crippen LogP contribution in [0.2, 0.25) is 0 Å². The summed E-state index contributed by atoms with van der Waals surface area (Å²) in [6.07, 6.45) is 1.13. The SMILES string of the molecule is CC(Cc1scc2ccccc12)c1ccccc1. The molecule has 0 spiro atoms. The molecule has 1 heteroatoms. The zero-order valence-electron chi connectivity index (χ0n) is 10.5. The molecule has 0 amide bonds.